The van der Waals surface area contributed by atoms with E-state index in [0.717, 1.165) is 30.5 Å². The molecule has 124 valence electrons. The fraction of sp³-hybridized carbons (Fsp3) is 0.533. The van der Waals surface area contributed by atoms with E-state index < -0.39 is 10.0 Å². The smallest absolute Gasteiger partial charge is 0.208 e. The Balaban J connectivity index is 1.84. The van der Waals surface area contributed by atoms with Crippen molar-refractivity contribution in [2.24, 2.45) is 5.92 Å². The fourth-order valence-electron chi connectivity index (χ4n) is 3.08. The molecule has 1 aliphatic rings. The Hall–Kier alpha value is -1.80. The number of aromatic nitrogens is 4. The van der Waals surface area contributed by atoms with Crippen LogP contribution in [0.3, 0.4) is 0 Å². The standard InChI is InChI=1S/C15H21N5O2S/c1-11-5-3-4-6-14(11)17-23(21,22)13-7-8-15(12(2)9-13)20-10-16-18-19-20/h7-11,14,17H,3-6H2,1-2H3/t11-,14+/m0/s1. The van der Waals surface area contributed by atoms with Crippen molar-refractivity contribution < 1.29 is 8.42 Å². The van der Waals surface area contributed by atoms with Gasteiger partial charge in [0.05, 0.1) is 10.6 Å². The Kier molecular flexibility index (Phi) is 4.45. The number of sulfonamides is 1. The van der Waals surface area contributed by atoms with Crippen molar-refractivity contribution in [1.82, 2.24) is 24.9 Å². The van der Waals surface area contributed by atoms with Crippen LogP contribution in [-0.4, -0.2) is 34.7 Å². The quantitative estimate of drug-likeness (QED) is 0.920. The van der Waals surface area contributed by atoms with Crippen molar-refractivity contribution in [3.8, 4) is 5.69 Å². The van der Waals surface area contributed by atoms with Crippen LogP contribution in [0.25, 0.3) is 5.69 Å². The lowest BCUT2D eigenvalue weighted by Crippen LogP contribution is -2.41. The average molecular weight is 335 g/mol. The normalized spacial score (nSPS) is 22.2. The minimum absolute atomic E-state index is 0.0215. The summed E-state index contributed by atoms with van der Waals surface area (Å²) in [6.07, 6.45) is 5.72. The van der Waals surface area contributed by atoms with Crippen molar-refractivity contribution >= 4 is 10.0 Å². The van der Waals surface area contributed by atoms with E-state index in [-0.39, 0.29) is 10.9 Å². The van der Waals surface area contributed by atoms with E-state index in [1.165, 1.54) is 17.4 Å². The second-order valence-electron chi connectivity index (χ2n) is 6.19. The zero-order chi connectivity index (χ0) is 16.4. The van der Waals surface area contributed by atoms with Crippen molar-refractivity contribution in [2.45, 2.75) is 50.5 Å². The molecule has 1 aromatic heterocycles. The molecule has 8 heteroatoms. The molecule has 0 unspecified atom stereocenters. The number of nitrogens with zero attached hydrogens (tertiary/aromatic N) is 4. The Labute approximate surface area is 136 Å². The maximum atomic E-state index is 12.6. The number of aryl methyl sites for hydroxylation is 1. The van der Waals surface area contributed by atoms with Gasteiger partial charge in [-0.15, -0.1) is 5.10 Å². The summed E-state index contributed by atoms with van der Waals surface area (Å²) in [7, 11) is -3.51. The lowest BCUT2D eigenvalue weighted by molar-refractivity contribution is 0.310. The van der Waals surface area contributed by atoms with Gasteiger partial charge in [-0.1, -0.05) is 19.8 Å². The summed E-state index contributed by atoms with van der Waals surface area (Å²) in [5.74, 6) is 0.375. The number of hydrogen-bond donors (Lipinski definition) is 1. The van der Waals surface area contributed by atoms with Crippen LogP contribution in [0.5, 0.6) is 0 Å². The van der Waals surface area contributed by atoms with E-state index >= 15 is 0 Å². The molecule has 2 aromatic rings. The number of nitrogens with one attached hydrogen (secondary N) is 1. The van der Waals surface area contributed by atoms with Gasteiger partial charge in [-0.05, 0) is 59.9 Å². The molecule has 0 amide bonds. The van der Waals surface area contributed by atoms with Gasteiger partial charge >= 0.3 is 0 Å². The highest BCUT2D eigenvalue weighted by Crippen LogP contribution is 2.26. The van der Waals surface area contributed by atoms with Crippen molar-refractivity contribution in [1.29, 1.82) is 0 Å². The first-order chi connectivity index (χ1) is 11.0. The van der Waals surface area contributed by atoms with Crippen molar-refractivity contribution in [2.75, 3.05) is 0 Å². The Morgan fingerprint density at radius 2 is 2.04 bits per heavy atom. The fourth-order valence-corrected chi connectivity index (χ4v) is 4.55. The second kappa shape index (κ2) is 6.37. The summed E-state index contributed by atoms with van der Waals surface area (Å²) in [5, 5.41) is 11.0. The number of hydrogen-bond acceptors (Lipinski definition) is 5. The van der Waals surface area contributed by atoms with Crippen LogP contribution in [0.1, 0.15) is 38.2 Å². The zero-order valence-electron chi connectivity index (χ0n) is 13.3. The summed E-state index contributed by atoms with van der Waals surface area (Å²) in [4.78, 5) is 0.282. The summed E-state index contributed by atoms with van der Waals surface area (Å²) in [6.45, 7) is 3.96. The first-order valence-electron chi connectivity index (χ1n) is 7.84. The lowest BCUT2D eigenvalue weighted by atomic mass is 9.87. The van der Waals surface area contributed by atoms with Crippen LogP contribution in [0, 0.1) is 12.8 Å². The summed E-state index contributed by atoms with van der Waals surface area (Å²) < 4.78 is 29.7. The molecule has 1 fully saturated rings. The molecule has 0 saturated heterocycles. The molecule has 3 rings (SSSR count). The minimum atomic E-state index is -3.51. The zero-order valence-corrected chi connectivity index (χ0v) is 14.1. The Morgan fingerprint density at radius 3 is 2.70 bits per heavy atom. The van der Waals surface area contributed by atoms with Gasteiger partial charge in [0.15, 0.2) is 0 Å². The molecule has 0 spiro atoms. The minimum Gasteiger partial charge on any atom is -0.208 e. The maximum Gasteiger partial charge on any atom is 0.240 e. The highest BCUT2D eigenvalue weighted by Gasteiger charge is 2.27. The second-order valence-corrected chi connectivity index (χ2v) is 7.91. The van der Waals surface area contributed by atoms with Gasteiger partial charge in [0.2, 0.25) is 10.0 Å². The highest BCUT2D eigenvalue weighted by atomic mass is 32.2. The largest absolute Gasteiger partial charge is 0.240 e. The third kappa shape index (κ3) is 3.42. The topological polar surface area (TPSA) is 89.8 Å². The van der Waals surface area contributed by atoms with Crippen molar-refractivity contribution in [3.63, 3.8) is 0 Å². The van der Waals surface area contributed by atoms with E-state index in [1.54, 1.807) is 18.2 Å². The molecule has 0 radical (unpaired) electrons. The molecule has 1 aromatic carbocycles. The third-order valence-electron chi connectivity index (χ3n) is 4.49. The van der Waals surface area contributed by atoms with Crippen LogP contribution in [0.4, 0.5) is 0 Å². The van der Waals surface area contributed by atoms with Crippen LogP contribution >= 0.6 is 0 Å². The van der Waals surface area contributed by atoms with E-state index in [4.69, 9.17) is 0 Å². The Morgan fingerprint density at radius 1 is 1.26 bits per heavy atom. The number of tetrazole rings is 1. The predicted octanol–water partition coefficient (Wildman–Crippen LogP) is 1.83. The van der Waals surface area contributed by atoms with Gasteiger partial charge in [-0.3, -0.25) is 0 Å². The summed E-state index contributed by atoms with van der Waals surface area (Å²) >= 11 is 0. The van der Waals surface area contributed by atoms with Gasteiger partial charge in [0.25, 0.3) is 0 Å². The number of rotatable bonds is 4. The van der Waals surface area contributed by atoms with E-state index in [9.17, 15) is 8.42 Å². The van der Waals surface area contributed by atoms with Gasteiger partial charge in [-0.2, -0.15) is 0 Å². The maximum absolute atomic E-state index is 12.6. The summed E-state index contributed by atoms with van der Waals surface area (Å²) in [5.41, 5.74) is 1.57. The van der Waals surface area contributed by atoms with Crippen LogP contribution < -0.4 is 4.72 Å². The SMILES string of the molecule is Cc1cc(S(=O)(=O)N[C@@H]2CCCC[C@@H]2C)ccc1-n1cnnn1. The summed E-state index contributed by atoms with van der Waals surface area (Å²) in [6, 6.07) is 5.00. The number of benzene rings is 1. The first-order valence-corrected chi connectivity index (χ1v) is 9.32. The average Bonchev–Trinajstić information content (AvgIpc) is 3.03. The van der Waals surface area contributed by atoms with Gasteiger partial charge in [-0.25, -0.2) is 17.8 Å². The molecular weight excluding hydrogens is 314 g/mol. The van der Waals surface area contributed by atoms with Crippen LogP contribution in [-0.2, 0) is 10.0 Å². The van der Waals surface area contributed by atoms with Gasteiger partial charge in [0, 0.05) is 6.04 Å². The third-order valence-corrected chi connectivity index (χ3v) is 5.98. The molecule has 23 heavy (non-hydrogen) atoms. The first kappa shape index (κ1) is 16.1. The highest BCUT2D eigenvalue weighted by molar-refractivity contribution is 7.89. The monoisotopic (exact) mass is 335 g/mol. The van der Waals surface area contributed by atoms with Crippen LogP contribution in [0.2, 0.25) is 0 Å². The lowest BCUT2D eigenvalue weighted by Gasteiger charge is -2.29. The molecule has 1 heterocycles. The molecule has 1 saturated carbocycles. The van der Waals surface area contributed by atoms with Gasteiger partial charge < -0.3 is 0 Å². The molecule has 1 N–H and O–H groups in total. The van der Waals surface area contributed by atoms with Gasteiger partial charge in [0.1, 0.15) is 6.33 Å². The Bertz CT molecular complexity index is 773. The molecule has 0 aliphatic heterocycles. The predicted molar refractivity (Wildman–Crippen MR) is 85.6 cm³/mol. The van der Waals surface area contributed by atoms with Crippen molar-refractivity contribution in [3.05, 3.63) is 30.1 Å². The molecule has 0 bridgehead atoms. The van der Waals surface area contributed by atoms with E-state index in [2.05, 4.69) is 27.2 Å². The van der Waals surface area contributed by atoms with E-state index in [1.807, 2.05) is 6.92 Å². The van der Waals surface area contributed by atoms with Crippen LogP contribution in [0.15, 0.2) is 29.4 Å². The van der Waals surface area contributed by atoms with E-state index in [0.29, 0.717) is 5.92 Å². The molecular formula is C15H21N5O2S. The molecule has 2 atom stereocenters. The molecule has 1 aliphatic carbocycles. The molecule has 7 nitrogen and oxygen atoms in total.